The molecule has 0 aliphatic rings. The normalized spacial score (nSPS) is 11.5. The lowest BCUT2D eigenvalue weighted by atomic mass is 9.82. The standard InChI is InChI=1S/C14H20O/c1-10(2)9-11-12(14(3,4)5)7-6-8-13(11)15/h6-8,15H,1,9H2,2-5H3. The summed E-state index contributed by atoms with van der Waals surface area (Å²) >= 11 is 0. The van der Waals surface area contributed by atoms with Gasteiger partial charge in [0.05, 0.1) is 0 Å². The van der Waals surface area contributed by atoms with E-state index in [1.807, 2.05) is 13.0 Å². The van der Waals surface area contributed by atoms with Gasteiger partial charge in [-0.1, -0.05) is 45.1 Å². The molecule has 0 aromatic heterocycles. The summed E-state index contributed by atoms with van der Waals surface area (Å²) in [5, 5.41) is 9.86. The Kier molecular flexibility index (Phi) is 3.23. The zero-order valence-electron chi connectivity index (χ0n) is 10.1. The van der Waals surface area contributed by atoms with Crippen molar-refractivity contribution in [1.29, 1.82) is 0 Å². The zero-order valence-corrected chi connectivity index (χ0v) is 10.1. The topological polar surface area (TPSA) is 20.2 Å². The highest BCUT2D eigenvalue weighted by Crippen LogP contribution is 2.32. The van der Waals surface area contributed by atoms with Crippen LogP contribution in [0, 0.1) is 0 Å². The third-order valence-electron chi connectivity index (χ3n) is 2.44. The van der Waals surface area contributed by atoms with Crippen LogP contribution in [0.4, 0.5) is 0 Å². The number of rotatable bonds is 2. The minimum Gasteiger partial charge on any atom is -0.508 e. The predicted molar refractivity (Wildman–Crippen MR) is 65.3 cm³/mol. The maximum Gasteiger partial charge on any atom is 0.119 e. The second kappa shape index (κ2) is 4.09. The molecule has 0 spiro atoms. The molecule has 1 N–H and O–H groups in total. The first-order valence-corrected chi connectivity index (χ1v) is 5.28. The second-order valence-electron chi connectivity index (χ2n) is 5.19. The summed E-state index contributed by atoms with van der Waals surface area (Å²) in [4.78, 5) is 0. The Morgan fingerprint density at radius 3 is 2.40 bits per heavy atom. The van der Waals surface area contributed by atoms with Crippen molar-refractivity contribution in [2.24, 2.45) is 0 Å². The number of allylic oxidation sites excluding steroid dienone is 1. The molecule has 0 aliphatic heterocycles. The molecule has 1 heteroatoms. The van der Waals surface area contributed by atoms with Gasteiger partial charge in [-0.3, -0.25) is 0 Å². The SMILES string of the molecule is C=C(C)Cc1c(O)cccc1C(C)(C)C. The Hall–Kier alpha value is -1.24. The van der Waals surface area contributed by atoms with Crippen molar-refractivity contribution in [3.63, 3.8) is 0 Å². The first kappa shape index (κ1) is 11.8. The van der Waals surface area contributed by atoms with Gasteiger partial charge in [-0.2, -0.15) is 0 Å². The Labute approximate surface area is 92.5 Å². The molecule has 1 nitrogen and oxygen atoms in total. The van der Waals surface area contributed by atoms with Crippen molar-refractivity contribution in [3.8, 4) is 5.75 Å². The van der Waals surface area contributed by atoms with E-state index in [1.54, 1.807) is 6.07 Å². The van der Waals surface area contributed by atoms with Crippen LogP contribution in [-0.4, -0.2) is 5.11 Å². The molecule has 0 saturated carbocycles. The number of hydrogen-bond donors (Lipinski definition) is 1. The van der Waals surface area contributed by atoms with Crippen LogP contribution in [0.25, 0.3) is 0 Å². The number of phenolic OH excluding ortho intramolecular Hbond substituents is 1. The molecule has 0 aliphatic carbocycles. The van der Waals surface area contributed by atoms with Crippen LogP contribution in [0.2, 0.25) is 0 Å². The highest BCUT2D eigenvalue weighted by Gasteiger charge is 2.19. The summed E-state index contributed by atoms with van der Waals surface area (Å²) in [6, 6.07) is 5.73. The number of phenols is 1. The van der Waals surface area contributed by atoms with E-state index in [0.29, 0.717) is 5.75 Å². The monoisotopic (exact) mass is 204 g/mol. The van der Waals surface area contributed by atoms with Gasteiger partial charge in [0.25, 0.3) is 0 Å². The first-order chi connectivity index (χ1) is 6.82. The molecule has 0 heterocycles. The fourth-order valence-corrected chi connectivity index (χ4v) is 1.76. The Morgan fingerprint density at radius 1 is 1.33 bits per heavy atom. The van der Waals surface area contributed by atoms with E-state index in [-0.39, 0.29) is 5.41 Å². The molecule has 0 fully saturated rings. The van der Waals surface area contributed by atoms with Crippen LogP contribution in [0.3, 0.4) is 0 Å². The second-order valence-corrected chi connectivity index (χ2v) is 5.19. The molecule has 0 atom stereocenters. The van der Waals surface area contributed by atoms with Crippen LogP contribution in [0.5, 0.6) is 5.75 Å². The van der Waals surface area contributed by atoms with Crippen LogP contribution in [0.15, 0.2) is 30.4 Å². The highest BCUT2D eigenvalue weighted by atomic mass is 16.3. The van der Waals surface area contributed by atoms with Crippen molar-refractivity contribution in [2.45, 2.75) is 39.5 Å². The molecule has 15 heavy (non-hydrogen) atoms. The maximum absolute atomic E-state index is 9.86. The molecule has 82 valence electrons. The van der Waals surface area contributed by atoms with Crippen LogP contribution in [0.1, 0.15) is 38.8 Å². The molecular weight excluding hydrogens is 184 g/mol. The van der Waals surface area contributed by atoms with Gasteiger partial charge < -0.3 is 5.11 Å². The number of hydrogen-bond acceptors (Lipinski definition) is 1. The van der Waals surface area contributed by atoms with Crippen molar-refractivity contribution in [3.05, 3.63) is 41.5 Å². The summed E-state index contributed by atoms with van der Waals surface area (Å²) in [7, 11) is 0. The highest BCUT2D eigenvalue weighted by molar-refractivity contribution is 5.44. The summed E-state index contributed by atoms with van der Waals surface area (Å²) < 4.78 is 0. The molecule has 0 unspecified atom stereocenters. The minimum absolute atomic E-state index is 0.0591. The van der Waals surface area contributed by atoms with E-state index in [4.69, 9.17) is 0 Å². The van der Waals surface area contributed by atoms with Gasteiger partial charge in [-0.05, 0) is 30.4 Å². The average molecular weight is 204 g/mol. The lowest BCUT2D eigenvalue weighted by Gasteiger charge is -2.23. The van der Waals surface area contributed by atoms with Gasteiger partial charge in [0, 0.05) is 5.56 Å². The van der Waals surface area contributed by atoms with E-state index >= 15 is 0 Å². The fourth-order valence-electron chi connectivity index (χ4n) is 1.76. The van der Waals surface area contributed by atoms with Gasteiger partial charge in [-0.25, -0.2) is 0 Å². The molecule has 0 bridgehead atoms. The van der Waals surface area contributed by atoms with Gasteiger partial charge >= 0.3 is 0 Å². The van der Waals surface area contributed by atoms with Crippen LogP contribution < -0.4 is 0 Å². The molecule has 1 rings (SSSR count). The molecule has 1 aromatic rings. The lowest BCUT2D eigenvalue weighted by Crippen LogP contribution is -2.14. The Bertz CT molecular complexity index is 369. The zero-order chi connectivity index (χ0) is 11.6. The molecular formula is C14H20O. The van der Waals surface area contributed by atoms with Crippen molar-refractivity contribution >= 4 is 0 Å². The fraction of sp³-hybridized carbons (Fsp3) is 0.429. The largest absolute Gasteiger partial charge is 0.508 e. The third kappa shape index (κ3) is 2.85. The maximum atomic E-state index is 9.86. The average Bonchev–Trinajstić information content (AvgIpc) is 2.05. The lowest BCUT2D eigenvalue weighted by molar-refractivity contribution is 0.463. The van der Waals surface area contributed by atoms with E-state index in [0.717, 1.165) is 17.6 Å². The van der Waals surface area contributed by atoms with Crippen LogP contribution >= 0.6 is 0 Å². The van der Waals surface area contributed by atoms with Gasteiger partial charge in [0.15, 0.2) is 0 Å². The van der Waals surface area contributed by atoms with E-state index in [2.05, 4.69) is 33.4 Å². The van der Waals surface area contributed by atoms with E-state index in [1.165, 1.54) is 5.56 Å². The summed E-state index contributed by atoms with van der Waals surface area (Å²) in [5.41, 5.74) is 3.34. The van der Waals surface area contributed by atoms with Crippen molar-refractivity contribution in [1.82, 2.24) is 0 Å². The molecule has 1 aromatic carbocycles. The Balaban J connectivity index is 3.26. The molecule has 0 saturated heterocycles. The summed E-state index contributed by atoms with van der Waals surface area (Å²) in [6.07, 6.45) is 0.749. The van der Waals surface area contributed by atoms with Gasteiger partial charge in [-0.15, -0.1) is 0 Å². The quantitative estimate of drug-likeness (QED) is 0.726. The number of benzene rings is 1. The summed E-state index contributed by atoms with van der Waals surface area (Å²) in [6.45, 7) is 12.4. The van der Waals surface area contributed by atoms with E-state index < -0.39 is 0 Å². The van der Waals surface area contributed by atoms with Crippen LogP contribution in [-0.2, 0) is 11.8 Å². The predicted octanol–water partition coefficient (Wildman–Crippen LogP) is 3.81. The third-order valence-corrected chi connectivity index (χ3v) is 2.44. The van der Waals surface area contributed by atoms with E-state index in [9.17, 15) is 5.11 Å². The molecule has 0 amide bonds. The Morgan fingerprint density at radius 2 is 1.93 bits per heavy atom. The van der Waals surface area contributed by atoms with Crippen molar-refractivity contribution in [2.75, 3.05) is 0 Å². The minimum atomic E-state index is 0.0591. The van der Waals surface area contributed by atoms with Gasteiger partial charge in [0.2, 0.25) is 0 Å². The molecule has 0 radical (unpaired) electrons. The number of aromatic hydroxyl groups is 1. The smallest absolute Gasteiger partial charge is 0.119 e. The first-order valence-electron chi connectivity index (χ1n) is 5.28. The van der Waals surface area contributed by atoms with Gasteiger partial charge in [0.1, 0.15) is 5.75 Å². The van der Waals surface area contributed by atoms with Crippen molar-refractivity contribution < 1.29 is 5.11 Å². The summed E-state index contributed by atoms with van der Waals surface area (Å²) in [5.74, 6) is 0.380.